The molecule has 2 aromatic rings. The molecule has 0 atom stereocenters. The van der Waals surface area contributed by atoms with Crippen LogP contribution in [0, 0.1) is 0 Å². The zero-order chi connectivity index (χ0) is 16.0. The van der Waals surface area contributed by atoms with Crippen LogP contribution < -0.4 is 5.46 Å². The summed E-state index contributed by atoms with van der Waals surface area (Å²) in [5.41, 5.74) is 1.61. The number of nitrogens with zero attached hydrogens (tertiary/aromatic N) is 1. The molecule has 0 spiro atoms. The van der Waals surface area contributed by atoms with Gasteiger partial charge in [-0.05, 0) is 50.7 Å². The van der Waals surface area contributed by atoms with E-state index in [9.17, 15) is 0 Å². The molecule has 0 N–H and O–H groups in total. The maximum Gasteiger partial charge on any atom is 0.494 e. The van der Waals surface area contributed by atoms with Crippen LogP contribution in [0.1, 0.15) is 27.7 Å². The van der Waals surface area contributed by atoms with Gasteiger partial charge in [-0.1, -0.05) is 12.1 Å². The number of ether oxygens (including phenoxy) is 1. The average molecular weight is 301 g/mol. The molecule has 1 saturated heterocycles. The predicted molar refractivity (Wildman–Crippen MR) is 89.5 cm³/mol. The lowest BCUT2D eigenvalue weighted by atomic mass is 9.79. The van der Waals surface area contributed by atoms with Crippen molar-refractivity contribution in [2.75, 3.05) is 13.7 Å². The minimum absolute atomic E-state index is 0.315. The van der Waals surface area contributed by atoms with Crippen molar-refractivity contribution in [3.05, 3.63) is 30.5 Å². The topological polar surface area (TPSA) is 32.6 Å². The fraction of sp³-hybridized carbons (Fsp3) is 0.529. The van der Waals surface area contributed by atoms with E-state index in [1.54, 1.807) is 7.11 Å². The van der Waals surface area contributed by atoms with Crippen molar-refractivity contribution in [2.24, 2.45) is 0 Å². The Balaban J connectivity index is 1.92. The number of rotatable bonds is 4. The summed E-state index contributed by atoms with van der Waals surface area (Å²) in [4.78, 5) is 0. The Morgan fingerprint density at radius 2 is 1.77 bits per heavy atom. The first-order valence-corrected chi connectivity index (χ1v) is 7.77. The van der Waals surface area contributed by atoms with Crippen molar-refractivity contribution < 1.29 is 14.0 Å². The smallest absolute Gasteiger partial charge is 0.399 e. The van der Waals surface area contributed by atoms with E-state index in [1.807, 2.05) is 0 Å². The van der Waals surface area contributed by atoms with Crippen molar-refractivity contribution in [3.63, 3.8) is 0 Å². The van der Waals surface area contributed by atoms with E-state index in [-0.39, 0.29) is 18.3 Å². The molecule has 1 aliphatic rings. The van der Waals surface area contributed by atoms with Gasteiger partial charge in [-0.15, -0.1) is 0 Å². The van der Waals surface area contributed by atoms with Gasteiger partial charge in [0.25, 0.3) is 0 Å². The third kappa shape index (κ3) is 2.58. The average Bonchev–Trinajstić information content (AvgIpc) is 2.94. The van der Waals surface area contributed by atoms with E-state index in [1.165, 1.54) is 10.9 Å². The number of methoxy groups -OCH3 is 1. The molecule has 0 saturated carbocycles. The van der Waals surface area contributed by atoms with Crippen LogP contribution in [0.5, 0.6) is 0 Å². The predicted octanol–water partition coefficient (Wildman–Crippen LogP) is 2.59. The highest BCUT2D eigenvalue weighted by Gasteiger charge is 2.51. The van der Waals surface area contributed by atoms with Gasteiger partial charge in [0.15, 0.2) is 0 Å². The normalized spacial score (nSPS) is 20.0. The molecule has 0 aliphatic carbocycles. The minimum Gasteiger partial charge on any atom is -0.399 e. The highest BCUT2D eigenvalue weighted by molar-refractivity contribution is 6.62. The minimum atomic E-state index is -0.319. The van der Waals surface area contributed by atoms with Crippen molar-refractivity contribution in [3.8, 4) is 0 Å². The summed E-state index contributed by atoms with van der Waals surface area (Å²) >= 11 is 0. The molecule has 4 nitrogen and oxygen atoms in total. The molecule has 1 aromatic carbocycles. The maximum absolute atomic E-state index is 6.14. The summed E-state index contributed by atoms with van der Waals surface area (Å²) in [5.74, 6) is 0. The summed E-state index contributed by atoms with van der Waals surface area (Å²) in [6, 6.07) is 8.50. The molecule has 1 aromatic heterocycles. The Labute approximate surface area is 132 Å². The van der Waals surface area contributed by atoms with Gasteiger partial charge in [-0.2, -0.15) is 0 Å². The summed E-state index contributed by atoms with van der Waals surface area (Å²) in [5, 5.41) is 1.22. The van der Waals surface area contributed by atoms with Crippen LogP contribution in [0.3, 0.4) is 0 Å². The second-order valence-corrected chi connectivity index (χ2v) is 6.91. The highest BCUT2D eigenvalue weighted by Crippen LogP contribution is 2.36. The van der Waals surface area contributed by atoms with Gasteiger partial charge >= 0.3 is 7.12 Å². The van der Waals surface area contributed by atoms with Gasteiger partial charge in [0.05, 0.1) is 17.8 Å². The standard InChI is InChI=1S/C17H24BNO3/c1-16(2)17(3,4)22-18(21-16)14-7-6-13-8-9-19(10-11-20-5)15(13)12-14/h6-9,12H,10-11H2,1-5H3. The van der Waals surface area contributed by atoms with Crippen LogP contribution >= 0.6 is 0 Å². The van der Waals surface area contributed by atoms with E-state index in [4.69, 9.17) is 14.0 Å². The van der Waals surface area contributed by atoms with Gasteiger partial charge in [-0.3, -0.25) is 0 Å². The molecular formula is C17H24BNO3. The molecule has 118 valence electrons. The Morgan fingerprint density at radius 3 is 2.41 bits per heavy atom. The van der Waals surface area contributed by atoms with Crippen LogP contribution in [0.25, 0.3) is 10.9 Å². The van der Waals surface area contributed by atoms with Gasteiger partial charge < -0.3 is 18.6 Å². The second kappa shape index (κ2) is 5.41. The molecule has 0 bridgehead atoms. The number of fused-ring (bicyclic) bond motifs is 1. The zero-order valence-corrected chi connectivity index (χ0v) is 14.1. The quantitative estimate of drug-likeness (QED) is 0.814. The molecular weight excluding hydrogens is 277 g/mol. The number of aromatic nitrogens is 1. The third-order valence-corrected chi connectivity index (χ3v) is 4.86. The van der Waals surface area contributed by atoms with Gasteiger partial charge in [-0.25, -0.2) is 0 Å². The molecule has 0 amide bonds. The van der Waals surface area contributed by atoms with E-state index in [0.717, 1.165) is 12.0 Å². The second-order valence-electron chi connectivity index (χ2n) is 6.91. The van der Waals surface area contributed by atoms with Crippen LogP contribution in [0.15, 0.2) is 30.5 Å². The molecule has 0 radical (unpaired) electrons. The van der Waals surface area contributed by atoms with Crippen molar-refractivity contribution in [1.29, 1.82) is 0 Å². The lowest BCUT2D eigenvalue weighted by molar-refractivity contribution is 0.00578. The first-order valence-electron chi connectivity index (χ1n) is 7.77. The fourth-order valence-electron chi connectivity index (χ4n) is 2.71. The number of benzene rings is 1. The van der Waals surface area contributed by atoms with E-state index in [0.29, 0.717) is 6.61 Å². The first-order chi connectivity index (χ1) is 10.3. The van der Waals surface area contributed by atoms with Crippen LogP contribution in [-0.2, 0) is 20.6 Å². The van der Waals surface area contributed by atoms with E-state index >= 15 is 0 Å². The summed E-state index contributed by atoms with van der Waals surface area (Å²) in [6.07, 6.45) is 2.09. The highest BCUT2D eigenvalue weighted by atomic mass is 16.7. The van der Waals surface area contributed by atoms with Gasteiger partial charge in [0.2, 0.25) is 0 Å². The molecule has 5 heteroatoms. The van der Waals surface area contributed by atoms with E-state index < -0.39 is 0 Å². The summed E-state index contributed by atoms with van der Waals surface area (Å²) < 4.78 is 19.7. The Bertz CT molecular complexity index is 662. The van der Waals surface area contributed by atoms with E-state index in [2.05, 4.69) is 62.7 Å². The third-order valence-electron chi connectivity index (χ3n) is 4.86. The van der Waals surface area contributed by atoms with Crippen LogP contribution in [-0.4, -0.2) is 36.6 Å². The Kier molecular flexibility index (Phi) is 3.83. The number of hydrogen-bond acceptors (Lipinski definition) is 3. The molecule has 2 heterocycles. The maximum atomic E-state index is 6.14. The Morgan fingerprint density at radius 1 is 1.09 bits per heavy atom. The lowest BCUT2D eigenvalue weighted by Gasteiger charge is -2.32. The van der Waals surface area contributed by atoms with Crippen molar-refractivity contribution in [1.82, 2.24) is 4.57 Å². The largest absolute Gasteiger partial charge is 0.494 e. The summed E-state index contributed by atoms with van der Waals surface area (Å²) in [7, 11) is 1.40. The fourth-order valence-corrected chi connectivity index (χ4v) is 2.71. The molecule has 3 rings (SSSR count). The lowest BCUT2D eigenvalue weighted by Crippen LogP contribution is -2.41. The van der Waals surface area contributed by atoms with Gasteiger partial charge in [0.1, 0.15) is 0 Å². The first kappa shape index (κ1) is 15.6. The Hall–Kier alpha value is -1.30. The van der Waals surface area contributed by atoms with Crippen LogP contribution in [0.4, 0.5) is 0 Å². The SMILES string of the molecule is COCCn1ccc2ccc(B3OC(C)(C)C(C)(C)O3)cc21. The molecule has 0 unspecified atom stereocenters. The molecule has 1 aliphatic heterocycles. The molecule has 22 heavy (non-hydrogen) atoms. The zero-order valence-electron chi connectivity index (χ0n) is 14.1. The van der Waals surface area contributed by atoms with Crippen molar-refractivity contribution in [2.45, 2.75) is 45.4 Å². The van der Waals surface area contributed by atoms with Gasteiger partial charge in [0, 0.05) is 25.4 Å². The van der Waals surface area contributed by atoms with Crippen LogP contribution in [0.2, 0.25) is 0 Å². The molecule has 1 fully saturated rings. The summed E-state index contributed by atoms with van der Waals surface area (Å²) in [6.45, 7) is 9.84. The monoisotopic (exact) mass is 301 g/mol. The van der Waals surface area contributed by atoms with Crippen molar-refractivity contribution >= 4 is 23.5 Å². The number of hydrogen-bond donors (Lipinski definition) is 0.